The van der Waals surface area contributed by atoms with Gasteiger partial charge in [-0.25, -0.2) is 0 Å². The Hall–Kier alpha value is -7.72. The number of para-hydroxylation sites is 1. The Kier molecular flexibility index (Phi) is 8.39. The molecule has 286 valence electrons. The molecule has 3 heteroatoms. The van der Waals surface area contributed by atoms with Crippen LogP contribution in [0.2, 0.25) is 0 Å². The summed E-state index contributed by atoms with van der Waals surface area (Å²) in [5.74, 6) is 0. The minimum atomic E-state index is 0.900. The van der Waals surface area contributed by atoms with Gasteiger partial charge in [0.25, 0.3) is 0 Å². The molecule has 0 aliphatic heterocycles. The van der Waals surface area contributed by atoms with Gasteiger partial charge in [0.15, 0.2) is 0 Å². The van der Waals surface area contributed by atoms with Crippen molar-refractivity contribution in [2.75, 3.05) is 4.90 Å². The summed E-state index contributed by atoms with van der Waals surface area (Å²) >= 11 is 1.87. The highest BCUT2D eigenvalue weighted by atomic mass is 32.1. The van der Waals surface area contributed by atoms with Gasteiger partial charge in [0.2, 0.25) is 0 Å². The molecule has 12 aromatic rings. The molecule has 0 radical (unpaired) electrons. The summed E-state index contributed by atoms with van der Waals surface area (Å²) in [4.78, 5) is 2.44. The first-order chi connectivity index (χ1) is 30.3. The lowest BCUT2D eigenvalue weighted by Crippen LogP contribution is -2.10. The lowest BCUT2D eigenvalue weighted by atomic mass is 9.92. The first-order valence-electron chi connectivity index (χ1n) is 20.7. The Morgan fingerprint density at radius 2 is 0.885 bits per heavy atom. The van der Waals surface area contributed by atoms with Crippen LogP contribution in [-0.4, -0.2) is 0 Å². The fourth-order valence-electron chi connectivity index (χ4n) is 9.30. The average Bonchev–Trinajstić information content (AvgIpc) is 3.92. The first-order valence-corrected chi connectivity index (χ1v) is 21.6. The molecular formula is C58H37NOS. The molecule has 2 nitrogen and oxygen atoms in total. The Morgan fingerprint density at radius 1 is 0.328 bits per heavy atom. The molecule has 61 heavy (non-hydrogen) atoms. The molecule has 2 heterocycles. The number of thiophene rings is 1. The van der Waals surface area contributed by atoms with E-state index >= 15 is 0 Å². The molecule has 0 saturated heterocycles. The second-order valence-corrected chi connectivity index (χ2v) is 16.6. The average molecular weight is 796 g/mol. The van der Waals surface area contributed by atoms with Crippen LogP contribution in [0.1, 0.15) is 0 Å². The topological polar surface area (TPSA) is 16.4 Å². The molecule has 0 saturated carbocycles. The Labute approximate surface area is 357 Å². The van der Waals surface area contributed by atoms with E-state index < -0.39 is 0 Å². The lowest BCUT2D eigenvalue weighted by molar-refractivity contribution is 0.669. The van der Waals surface area contributed by atoms with Crippen molar-refractivity contribution < 1.29 is 4.42 Å². The van der Waals surface area contributed by atoms with Crippen molar-refractivity contribution in [2.45, 2.75) is 0 Å². The van der Waals surface area contributed by atoms with Crippen molar-refractivity contribution in [3.05, 3.63) is 224 Å². The third-order valence-corrected chi connectivity index (χ3v) is 13.3. The van der Waals surface area contributed by atoms with Gasteiger partial charge in [0.05, 0.1) is 5.69 Å². The van der Waals surface area contributed by atoms with E-state index in [1.807, 2.05) is 17.4 Å². The van der Waals surface area contributed by atoms with E-state index in [-0.39, 0.29) is 0 Å². The fraction of sp³-hybridized carbons (Fsp3) is 0. The van der Waals surface area contributed by atoms with Crippen LogP contribution in [0.5, 0.6) is 0 Å². The van der Waals surface area contributed by atoms with Gasteiger partial charge in [0, 0.05) is 42.3 Å². The van der Waals surface area contributed by atoms with Crippen molar-refractivity contribution in [3.63, 3.8) is 0 Å². The third kappa shape index (κ3) is 5.93. The number of anilines is 3. The standard InChI is InChI=1S/C58H37NOS/c1-2-14-39(15-3-1)47-36-37-52(57-51-22-9-11-27-55(51)61-58(47)57)59(42-32-28-40(29-33-42)45-23-12-17-38-16-4-5-18-44(38)45)43-34-30-41(31-35-43)46-19-6-7-20-48(46)49-24-13-26-54-56(49)50-21-8-10-25-53(50)60-54/h1-37H. The maximum Gasteiger partial charge on any atom is 0.136 e. The molecular weight excluding hydrogens is 759 g/mol. The summed E-state index contributed by atoms with van der Waals surface area (Å²) in [5, 5.41) is 7.30. The largest absolute Gasteiger partial charge is 0.456 e. The van der Waals surface area contributed by atoms with Crippen molar-refractivity contribution in [3.8, 4) is 44.5 Å². The third-order valence-electron chi connectivity index (χ3n) is 12.1. The number of furan rings is 1. The van der Waals surface area contributed by atoms with Crippen molar-refractivity contribution in [1.82, 2.24) is 0 Å². The van der Waals surface area contributed by atoms with E-state index in [0.717, 1.165) is 44.6 Å². The number of hydrogen-bond donors (Lipinski definition) is 0. The number of benzene rings is 10. The molecule has 0 bridgehead atoms. The zero-order valence-electron chi connectivity index (χ0n) is 33.1. The van der Waals surface area contributed by atoms with E-state index in [9.17, 15) is 0 Å². The summed E-state index contributed by atoms with van der Waals surface area (Å²) in [5.41, 5.74) is 14.7. The van der Waals surface area contributed by atoms with Gasteiger partial charge in [-0.3, -0.25) is 0 Å². The fourth-order valence-corrected chi connectivity index (χ4v) is 10.6. The highest BCUT2D eigenvalue weighted by Crippen LogP contribution is 2.49. The second kappa shape index (κ2) is 14.5. The van der Waals surface area contributed by atoms with Gasteiger partial charge in [0.1, 0.15) is 11.2 Å². The molecule has 0 amide bonds. The van der Waals surface area contributed by atoms with Gasteiger partial charge in [-0.05, 0) is 104 Å². The molecule has 0 aliphatic rings. The van der Waals surface area contributed by atoms with Crippen LogP contribution in [-0.2, 0) is 0 Å². The van der Waals surface area contributed by atoms with Crippen LogP contribution in [0.3, 0.4) is 0 Å². The van der Waals surface area contributed by atoms with E-state index in [4.69, 9.17) is 4.42 Å². The lowest BCUT2D eigenvalue weighted by Gasteiger charge is -2.27. The van der Waals surface area contributed by atoms with Crippen LogP contribution in [0.25, 0.3) is 97.4 Å². The molecule has 12 rings (SSSR count). The molecule has 0 spiro atoms. The first kappa shape index (κ1) is 35.2. The minimum Gasteiger partial charge on any atom is -0.456 e. The monoisotopic (exact) mass is 795 g/mol. The highest BCUT2D eigenvalue weighted by molar-refractivity contribution is 7.26. The van der Waals surface area contributed by atoms with E-state index in [2.05, 4.69) is 223 Å². The second-order valence-electron chi connectivity index (χ2n) is 15.6. The smallest absolute Gasteiger partial charge is 0.136 e. The predicted molar refractivity (Wildman–Crippen MR) is 261 cm³/mol. The number of fused-ring (bicyclic) bond motifs is 7. The number of rotatable bonds is 7. The van der Waals surface area contributed by atoms with Crippen LogP contribution in [0.4, 0.5) is 17.1 Å². The zero-order chi connectivity index (χ0) is 40.3. The van der Waals surface area contributed by atoms with Crippen LogP contribution in [0, 0.1) is 0 Å². The summed E-state index contributed by atoms with van der Waals surface area (Å²) in [6.07, 6.45) is 0. The van der Waals surface area contributed by atoms with Crippen molar-refractivity contribution >= 4 is 81.3 Å². The Morgan fingerprint density at radius 3 is 1.69 bits per heavy atom. The molecule has 0 unspecified atom stereocenters. The SMILES string of the molecule is c1ccc(-c2ccc(N(c3ccc(-c4ccccc4-c4cccc5oc6ccccc6c45)cc3)c3ccc(-c4cccc5ccccc45)cc3)c3c2sc2ccccc23)cc1. The minimum absolute atomic E-state index is 0.900. The van der Waals surface area contributed by atoms with Crippen LogP contribution < -0.4 is 4.90 Å². The Bertz CT molecular complexity index is 3570. The highest BCUT2D eigenvalue weighted by Gasteiger charge is 2.22. The van der Waals surface area contributed by atoms with Gasteiger partial charge < -0.3 is 9.32 Å². The maximum atomic E-state index is 6.32. The van der Waals surface area contributed by atoms with E-state index in [1.165, 1.54) is 69.9 Å². The maximum absolute atomic E-state index is 6.32. The molecule has 10 aromatic carbocycles. The van der Waals surface area contributed by atoms with E-state index in [0.29, 0.717) is 0 Å². The number of nitrogens with zero attached hydrogens (tertiary/aromatic N) is 1. The van der Waals surface area contributed by atoms with Crippen LogP contribution in [0.15, 0.2) is 229 Å². The Balaban J connectivity index is 1.03. The molecule has 0 aliphatic carbocycles. The normalized spacial score (nSPS) is 11.6. The predicted octanol–water partition coefficient (Wildman–Crippen LogP) is 17.2. The van der Waals surface area contributed by atoms with Gasteiger partial charge in [-0.2, -0.15) is 0 Å². The van der Waals surface area contributed by atoms with Gasteiger partial charge >= 0.3 is 0 Å². The van der Waals surface area contributed by atoms with E-state index in [1.54, 1.807) is 0 Å². The van der Waals surface area contributed by atoms with Gasteiger partial charge in [-0.15, -0.1) is 11.3 Å². The van der Waals surface area contributed by atoms with Gasteiger partial charge in [-0.1, -0.05) is 176 Å². The molecule has 0 N–H and O–H groups in total. The summed E-state index contributed by atoms with van der Waals surface area (Å²) < 4.78 is 8.88. The molecule has 0 atom stereocenters. The quantitative estimate of drug-likeness (QED) is 0.160. The molecule has 2 aromatic heterocycles. The number of hydrogen-bond acceptors (Lipinski definition) is 3. The molecule has 0 fully saturated rings. The van der Waals surface area contributed by atoms with Crippen LogP contribution >= 0.6 is 11.3 Å². The summed E-state index contributed by atoms with van der Waals surface area (Å²) in [6.45, 7) is 0. The zero-order valence-corrected chi connectivity index (χ0v) is 33.9. The van der Waals surface area contributed by atoms with Crippen molar-refractivity contribution in [1.29, 1.82) is 0 Å². The summed E-state index contributed by atoms with van der Waals surface area (Å²) in [6, 6.07) is 81.1. The van der Waals surface area contributed by atoms with Crippen molar-refractivity contribution in [2.24, 2.45) is 0 Å². The summed E-state index contributed by atoms with van der Waals surface area (Å²) in [7, 11) is 0.